The van der Waals surface area contributed by atoms with E-state index in [2.05, 4.69) is 17.6 Å². The van der Waals surface area contributed by atoms with Crippen LogP contribution in [-0.2, 0) is 9.53 Å². The molecule has 0 radical (unpaired) electrons. The van der Waals surface area contributed by atoms with Crippen molar-refractivity contribution < 1.29 is 9.53 Å². The minimum absolute atomic E-state index is 0. The Balaban J connectivity index is 0.00000264. The summed E-state index contributed by atoms with van der Waals surface area (Å²) in [5, 5.41) is 6.44. The second-order valence-electron chi connectivity index (χ2n) is 6.23. The highest BCUT2D eigenvalue weighted by Crippen LogP contribution is 2.22. The Morgan fingerprint density at radius 3 is 2.74 bits per heavy atom. The summed E-state index contributed by atoms with van der Waals surface area (Å²) in [6.45, 7) is 4.86. The summed E-state index contributed by atoms with van der Waals surface area (Å²) in [4.78, 5) is 12.2. The van der Waals surface area contributed by atoms with E-state index < -0.39 is 0 Å². The number of ether oxygens (including phenoxy) is 1. The molecule has 130 valence electrons. The van der Waals surface area contributed by atoms with Crippen LogP contribution >= 0.6 is 12.4 Å². The van der Waals surface area contributed by atoms with Crippen LogP contribution in [0.1, 0.15) is 37.9 Å². The molecule has 3 unspecified atom stereocenters. The van der Waals surface area contributed by atoms with Gasteiger partial charge in [0.1, 0.15) is 0 Å². The van der Waals surface area contributed by atoms with Crippen LogP contribution in [0, 0.1) is 11.8 Å². The van der Waals surface area contributed by atoms with E-state index in [4.69, 9.17) is 4.74 Å². The predicted octanol–water partition coefficient (Wildman–Crippen LogP) is 2.94. The van der Waals surface area contributed by atoms with Crippen LogP contribution in [0.3, 0.4) is 0 Å². The van der Waals surface area contributed by atoms with Gasteiger partial charge in [-0.05, 0) is 43.3 Å². The molecule has 23 heavy (non-hydrogen) atoms. The van der Waals surface area contributed by atoms with E-state index in [-0.39, 0.29) is 24.4 Å². The summed E-state index contributed by atoms with van der Waals surface area (Å²) in [5.74, 6) is 1.16. The second-order valence-corrected chi connectivity index (χ2v) is 6.23. The van der Waals surface area contributed by atoms with Crippen LogP contribution in [-0.4, -0.2) is 32.7 Å². The van der Waals surface area contributed by atoms with Gasteiger partial charge in [-0.15, -0.1) is 12.4 Å². The Labute approximate surface area is 145 Å². The molecule has 1 aromatic rings. The average molecular weight is 341 g/mol. The molecule has 0 aromatic heterocycles. The fourth-order valence-electron chi connectivity index (χ4n) is 3.11. The molecule has 0 spiro atoms. The number of piperidine rings is 1. The summed E-state index contributed by atoms with van der Waals surface area (Å²) < 4.78 is 5.48. The lowest BCUT2D eigenvalue weighted by Crippen LogP contribution is -2.36. The zero-order valence-corrected chi connectivity index (χ0v) is 14.9. The van der Waals surface area contributed by atoms with Crippen LogP contribution < -0.4 is 10.6 Å². The summed E-state index contributed by atoms with van der Waals surface area (Å²) in [6.07, 6.45) is 2.96. The Hall–Kier alpha value is -1.10. The van der Waals surface area contributed by atoms with Crippen molar-refractivity contribution in [1.29, 1.82) is 0 Å². The number of hydrogen-bond donors (Lipinski definition) is 2. The predicted molar refractivity (Wildman–Crippen MR) is 95.8 cm³/mol. The number of nitrogens with one attached hydrogen (secondary N) is 2. The first-order chi connectivity index (χ1) is 10.7. The summed E-state index contributed by atoms with van der Waals surface area (Å²) in [5.41, 5.74) is 1.09. The molecule has 1 amide bonds. The van der Waals surface area contributed by atoms with Gasteiger partial charge in [-0.1, -0.05) is 37.3 Å². The monoisotopic (exact) mass is 340 g/mol. The number of hydrogen-bond acceptors (Lipinski definition) is 3. The Bertz CT molecular complexity index is 450. The molecular formula is C18H29ClN2O2. The molecule has 0 saturated carbocycles. The minimum Gasteiger partial charge on any atom is -0.375 e. The van der Waals surface area contributed by atoms with Gasteiger partial charge in [0.25, 0.3) is 0 Å². The van der Waals surface area contributed by atoms with Crippen LogP contribution in [0.2, 0.25) is 0 Å². The zero-order valence-electron chi connectivity index (χ0n) is 14.1. The van der Waals surface area contributed by atoms with Crippen LogP contribution in [0.5, 0.6) is 0 Å². The molecule has 1 saturated heterocycles. The number of methoxy groups -OCH3 is 1. The van der Waals surface area contributed by atoms with Crippen molar-refractivity contribution in [3.8, 4) is 0 Å². The zero-order chi connectivity index (χ0) is 15.8. The van der Waals surface area contributed by atoms with E-state index in [1.54, 1.807) is 7.11 Å². The quantitative estimate of drug-likeness (QED) is 0.802. The highest BCUT2D eigenvalue weighted by Gasteiger charge is 2.22. The second kappa shape index (κ2) is 10.6. The van der Waals surface area contributed by atoms with Gasteiger partial charge in [-0.2, -0.15) is 0 Å². The van der Waals surface area contributed by atoms with Gasteiger partial charge in [0.05, 0.1) is 6.10 Å². The molecule has 0 aliphatic carbocycles. The van der Waals surface area contributed by atoms with Gasteiger partial charge in [-0.3, -0.25) is 4.79 Å². The molecule has 1 fully saturated rings. The van der Waals surface area contributed by atoms with Gasteiger partial charge in [0.2, 0.25) is 5.91 Å². The van der Waals surface area contributed by atoms with Crippen molar-refractivity contribution in [2.24, 2.45) is 11.8 Å². The molecule has 4 nitrogen and oxygen atoms in total. The minimum atomic E-state index is -0.0863. The summed E-state index contributed by atoms with van der Waals surface area (Å²) in [6, 6.07) is 10.0. The smallest absolute Gasteiger partial charge is 0.220 e. The fraction of sp³-hybridized carbons (Fsp3) is 0.611. The van der Waals surface area contributed by atoms with Crippen molar-refractivity contribution in [3.63, 3.8) is 0 Å². The van der Waals surface area contributed by atoms with E-state index in [1.165, 1.54) is 12.8 Å². The first kappa shape index (κ1) is 19.9. The molecule has 0 bridgehead atoms. The molecule has 3 atom stereocenters. The van der Waals surface area contributed by atoms with Gasteiger partial charge < -0.3 is 15.4 Å². The molecular weight excluding hydrogens is 312 g/mol. The number of benzene rings is 1. The number of carbonyl (C=O) groups excluding carboxylic acids is 1. The highest BCUT2D eigenvalue weighted by molar-refractivity contribution is 5.85. The Morgan fingerprint density at radius 2 is 2.13 bits per heavy atom. The lowest BCUT2D eigenvalue weighted by Gasteiger charge is -2.28. The lowest BCUT2D eigenvalue weighted by molar-refractivity contribution is -0.122. The topological polar surface area (TPSA) is 50.4 Å². The average Bonchev–Trinajstić information content (AvgIpc) is 2.57. The number of rotatable bonds is 7. The van der Waals surface area contributed by atoms with Crippen molar-refractivity contribution >= 4 is 18.3 Å². The van der Waals surface area contributed by atoms with Gasteiger partial charge in [0.15, 0.2) is 0 Å². The van der Waals surface area contributed by atoms with Crippen molar-refractivity contribution in [3.05, 3.63) is 35.9 Å². The van der Waals surface area contributed by atoms with E-state index in [1.807, 2.05) is 30.3 Å². The third-order valence-electron chi connectivity index (χ3n) is 4.59. The van der Waals surface area contributed by atoms with E-state index in [9.17, 15) is 4.79 Å². The Morgan fingerprint density at radius 1 is 1.39 bits per heavy atom. The maximum atomic E-state index is 12.2. The molecule has 5 heteroatoms. The summed E-state index contributed by atoms with van der Waals surface area (Å²) >= 11 is 0. The maximum absolute atomic E-state index is 12.2. The first-order valence-electron chi connectivity index (χ1n) is 8.26. The van der Waals surface area contributed by atoms with Crippen LogP contribution in [0.4, 0.5) is 0 Å². The molecule has 2 rings (SSSR count). The van der Waals surface area contributed by atoms with E-state index in [0.29, 0.717) is 24.8 Å². The number of halogens is 1. The van der Waals surface area contributed by atoms with Crippen LogP contribution in [0.25, 0.3) is 0 Å². The van der Waals surface area contributed by atoms with Gasteiger partial charge in [0, 0.05) is 20.1 Å². The van der Waals surface area contributed by atoms with Crippen molar-refractivity contribution in [2.45, 2.75) is 32.3 Å². The molecule has 1 aliphatic rings. The highest BCUT2D eigenvalue weighted by atomic mass is 35.5. The fourth-order valence-corrected chi connectivity index (χ4v) is 3.11. The molecule has 1 aliphatic heterocycles. The SMILES string of the molecule is COC(CNC(=O)CC(C)C1CCCNC1)c1ccccc1.Cl. The van der Waals surface area contributed by atoms with E-state index >= 15 is 0 Å². The maximum Gasteiger partial charge on any atom is 0.220 e. The number of amides is 1. The molecule has 1 heterocycles. The Kier molecular flexibility index (Phi) is 9.22. The largest absolute Gasteiger partial charge is 0.375 e. The van der Waals surface area contributed by atoms with Crippen LogP contribution in [0.15, 0.2) is 30.3 Å². The molecule has 2 N–H and O–H groups in total. The van der Waals surface area contributed by atoms with Crippen molar-refractivity contribution in [1.82, 2.24) is 10.6 Å². The van der Waals surface area contributed by atoms with Gasteiger partial charge in [-0.25, -0.2) is 0 Å². The summed E-state index contributed by atoms with van der Waals surface area (Å²) in [7, 11) is 1.68. The third kappa shape index (κ3) is 6.50. The normalized spacial score (nSPS) is 20.2. The van der Waals surface area contributed by atoms with Gasteiger partial charge >= 0.3 is 0 Å². The third-order valence-corrected chi connectivity index (χ3v) is 4.59. The lowest BCUT2D eigenvalue weighted by atomic mass is 9.85. The first-order valence-corrected chi connectivity index (χ1v) is 8.26. The molecule has 1 aromatic carbocycles. The standard InChI is InChI=1S/C18H28N2O2.ClH/c1-14(16-9-6-10-19-12-16)11-18(21)20-13-17(22-2)15-7-4-3-5-8-15;/h3-5,7-8,14,16-17,19H,6,9-13H2,1-2H3,(H,20,21);1H. The van der Waals surface area contributed by atoms with Crippen molar-refractivity contribution in [2.75, 3.05) is 26.7 Å². The number of carbonyl (C=O) groups is 1. The van der Waals surface area contributed by atoms with E-state index in [0.717, 1.165) is 18.7 Å².